The van der Waals surface area contributed by atoms with Crippen molar-refractivity contribution in [2.24, 2.45) is 5.84 Å². The number of rotatable bonds is 7. The molecule has 0 bridgehead atoms. The van der Waals surface area contributed by atoms with E-state index in [9.17, 15) is 10.1 Å². The van der Waals surface area contributed by atoms with E-state index in [1.807, 2.05) is 6.26 Å². The Kier molecular flexibility index (Phi) is 5.50. The van der Waals surface area contributed by atoms with Gasteiger partial charge in [0.25, 0.3) is 0 Å². The summed E-state index contributed by atoms with van der Waals surface area (Å²) in [5.41, 5.74) is 2.31. The second-order valence-electron chi connectivity index (χ2n) is 3.24. The molecule has 1 aromatic heterocycles. The van der Waals surface area contributed by atoms with Crippen LogP contribution in [0.25, 0.3) is 0 Å². The van der Waals surface area contributed by atoms with Gasteiger partial charge in [0.2, 0.25) is 5.82 Å². The highest BCUT2D eigenvalue weighted by molar-refractivity contribution is 7.98. The standard InChI is InChI=1S/C9H15N5O2S/c1-17-6-2-5-11-9-7(14(15)16)3-4-8(12-9)13-10/h3-4H,2,5-6,10H2,1H3,(H2,11,12,13). The maximum Gasteiger partial charge on any atom is 0.311 e. The van der Waals surface area contributed by atoms with Crippen LogP contribution in [-0.4, -0.2) is 28.5 Å². The van der Waals surface area contributed by atoms with Crippen LogP contribution in [0.3, 0.4) is 0 Å². The fourth-order valence-corrected chi connectivity index (χ4v) is 1.67. The van der Waals surface area contributed by atoms with Crippen LogP contribution < -0.4 is 16.6 Å². The molecule has 8 heteroatoms. The fourth-order valence-electron chi connectivity index (χ4n) is 1.23. The quantitative estimate of drug-likeness (QED) is 0.293. The van der Waals surface area contributed by atoms with Crippen LogP contribution in [0.2, 0.25) is 0 Å². The number of anilines is 2. The Labute approximate surface area is 103 Å². The molecule has 0 aliphatic heterocycles. The topological polar surface area (TPSA) is 106 Å². The first-order valence-corrected chi connectivity index (χ1v) is 6.43. The van der Waals surface area contributed by atoms with Crippen LogP contribution >= 0.6 is 11.8 Å². The second kappa shape index (κ2) is 6.92. The molecule has 0 aliphatic rings. The van der Waals surface area contributed by atoms with E-state index in [-0.39, 0.29) is 11.5 Å². The molecule has 1 aromatic rings. The predicted molar refractivity (Wildman–Crippen MR) is 70.2 cm³/mol. The van der Waals surface area contributed by atoms with Crippen LogP contribution in [0.15, 0.2) is 12.1 Å². The summed E-state index contributed by atoms with van der Waals surface area (Å²) in [5.74, 6) is 6.84. The Bertz CT molecular complexity index is 388. The van der Waals surface area contributed by atoms with Crippen molar-refractivity contribution < 1.29 is 4.92 Å². The van der Waals surface area contributed by atoms with Crippen LogP contribution in [0.1, 0.15) is 6.42 Å². The van der Waals surface area contributed by atoms with Crippen molar-refractivity contribution in [1.29, 1.82) is 0 Å². The van der Waals surface area contributed by atoms with Gasteiger partial charge in [0.05, 0.1) is 4.92 Å². The molecule has 0 spiro atoms. The first-order chi connectivity index (χ1) is 8.19. The Morgan fingerprint density at radius 3 is 2.94 bits per heavy atom. The van der Waals surface area contributed by atoms with E-state index >= 15 is 0 Å². The highest BCUT2D eigenvalue weighted by Gasteiger charge is 2.15. The van der Waals surface area contributed by atoms with Crippen LogP contribution in [0.4, 0.5) is 17.3 Å². The molecule has 0 aliphatic carbocycles. The number of nitrogens with zero attached hydrogens (tertiary/aromatic N) is 2. The normalized spacial score (nSPS) is 10.0. The lowest BCUT2D eigenvalue weighted by molar-refractivity contribution is -0.384. The predicted octanol–water partition coefficient (Wildman–Crippen LogP) is 1.44. The molecule has 0 aromatic carbocycles. The molecule has 0 saturated heterocycles. The zero-order valence-electron chi connectivity index (χ0n) is 9.47. The first-order valence-electron chi connectivity index (χ1n) is 5.04. The summed E-state index contributed by atoms with van der Waals surface area (Å²) in [6, 6.07) is 2.84. The average Bonchev–Trinajstić information content (AvgIpc) is 2.34. The zero-order valence-corrected chi connectivity index (χ0v) is 10.3. The van der Waals surface area contributed by atoms with Gasteiger partial charge in [-0.15, -0.1) is 0 Å². The molecule has 7 nitrogen and oxygen atoms in total. The minimum Gasteiger partial charge on any atom is -0.364 e. The highest BCUT2D eigenvalue weighted by Crippen LogP contribution is 2.23. The first kappa shape index (κ1) is 13.5. The molecule has 1 heterocycles. The van der Waals surface area contributed by atoms with Gasteiger partial charge in [-0.3, -0.25) is 10.1 Å². The number of nitro groups is 1. The van der Waals surface area contributed by atoms with Crippen molar-refractivity contribution in [3.05, 3.63) is 22.2 Å². The summed E-state index contributed by atoms with van der Waals surface area (Å²) in [6.07, 6.45) is 2.93. The molecular weight excluding hydrogens is 242 g/mol. The van der Waals surface area contributed by atoms with Gasteiger partial charge in [-0.25, -0.2) is 10.8 Å². The van der Waals surface area contributed by atoms with Gasteiger partial charge >= 0.3 is 5.69 Å². The molecule has 0 radical (unpaired) electrons. The third-order valence-electron chi connectivity index (χ3n) is 2.04. The number of nitrogens with two attached hydrogens (primary N) is 1. The number of hydrazine groups is 1. The Morgan fingerprint density at radius 2 is 2.35 bits per heavy atom. The molecular formula is C9H15N5O2S. The van der Waals surface area contributed by atoms with Crippen LogP contribution in [-0.2, 0) is 0 Å². The summed E-state index contributed by atoms with van der Waals surface area (Å²) in [5, 5.41) is 13.7. The highest BCUT2D eigenvalue weighted by atomic mass is 32.2. The number of nitrogens with one attached hydrogen (secondary N) is 2. The zero-order chi connectivity index (χ0) is 12.7. The molecule has 0 saturated carbocycles. The lowest BCUT2D eigenvalue weighted by Gasteiger charge is -2.07. The Balaban J connectivity index is 2.75. The average molecular weight is 257 g/mol. The van der Waals surface area contributed by atoms with Crippen molar-refractivity contribution in [2.45, 2.75) is 6.42 Å². The largest absolute Gasteiger partial charge is 0.364 e. The number of thioether (sulfide) groups is 1. The third-order valence-corrected chi connectivity index (χ3v) is 2.73. The molecule has 4 N–H and O–H groups in total. The molecule has 1 rings (SSSR count). The number of aromatic nitrogens is 1. The van der Waals surface area contributed by atoms with Crippen molar-refractivity contribution in [1.82, 2.24) is 4.98 Å². The molecule has 0 amide bonds. The Morgan fingerprint density at radius 1 is 1.59 bits per heavy atom. The molecule has 0 fully saturated rings. The van der Waals surface area contributed by atoms with Crippen molar-refractivity contribution >= 4 is 29.1 Å². The van der Waals surface area contributed by atoms with E-state index < -0.39 is 4.92 Å². The van der Waals surface area contributed by atoms with Gasteiger partial charge in [0.15, 0.2) is 0 Å². The molecule has 94 valence electrons. The van der Waals surface area contributed by atoms with Gasteiger partial charge in [0.1, 0.15) is 5.82 Å². The summed E-state index contributed by atoms with van der Waals surface area (Å²) in [7, 11) is 0. The second-order valence-corrected chi connectivity index (χ2v) is 4.22. The van der Waals surface area contributed by atoms with Gasteiger partial charge in [-0.1, -0.05) is 0 Å². The summed E-state index contributed by atoms with van der Waals surface area (Å²) >= 11 is 1.73. The minimum atomic E-state index is -0.468. The van der Waals surface area contributed by atoms with E-state index in [2.05, 4.69) is 15.7 Å². The van der Waals surface area contributed by atoms with Crippen molar-refractivity contribution in [3.8, 4) is 0 Å². The number of hydrogen-bond acceptors (Lipinski definition) is 7. The lowest BCUT2D eigenvalue weighted by atomic mass is 10.3. The SMILES string of the molecule is CSCCCNc1nc(NN)ccc1[N+](=O)[O-]. The van der Waals surface area contributed by atoms with Crippen molar-refractivity contribution in [3.63, 3.8) is 0 Å². The smallest absolute Gasteiger partial charge is 0.311 e. The summed E-state index contributed by atoms with van der Waals surface area (Å²) in [4.78, 5) is 14.3. The lowest BCUT2D eigenvalue weighted by Crippen LogP contribution is -2.12. The van der Waals surface area contributed by atoms with E-state index in [1.165, 1.54) is 12.1 Å². The maximum absolute atomic E-state index is 10.8. The van der Waals surface area contributed by atoms with Crippen LogP contribution in [0.5, 0.6) is 0 Å². The van der Waals surface area contributed by atoms with E-state index in [4.69, 9.17) is 5.84 Å². The Hall–Kier alpha value is -1.54. The maximum atomic E-state index is 10.8. The van der Waals surface area contributed by atoms with Gasteiger partial charge < -0.3 is 10.7 Å². The van der Waals surface area contributed by atoms with E-state index in [1.54, 1.807) is 11.8 Å². The number of pyridine rings is 1. The van der Waals surface area contributed by atoms with E-state index in [0.717, 1.165) is 12.2 Å². The monoisotopic (exact) mass is 257 g/mol. The van der Waals surface area contributed by atoms with Gasteiger partial charge in [0, 0.05) is 12.6 Å². The summed E-state index contributed by atoms with van der Waals surface area (Å²) in [6.45, 7) is 0.642. The summed E-state index contributed by atoms with van der Waals surface area (Å²) < 4.78 is 0. The third kappa shape index (κ3) is 4.08. The van der Waals surface area contributed by atoms with E-state index in [0.29, 0.717) is 12.4 Å². The molecule has 17 heavy (non-hydrogen) atoms. The van der Waals surface area contributed by atoms with Crippen molar-refractivity contribution in [2.75, 3.05) is 29.3 Å². The number of hydrogen-bond donors (Lipinski definition) is 3. The molecule has 0 unspecified atom stereocenters. The fraction of sp³-hybridized carbons (Fsp3) is 0.444. The van der Waals surface area contributed by atoms with Gasteiger partial charge in [-0.05, 0) is 24.5 Å². The molecule has 0 atom stereocenters. The van der Waals surface area contributed by atoms with Gasteiger partial charge in [-0.2, -0.15) is 11.8 Å². The van der Waals surface area contributed by atoms with Crippen LogP contribution in [0, 0.1) is 10.1 Å². The minimum absolute atomic E-state index is 0.0480. The number of nitrogen functional groups attached to an aromatic ring is 1.